The fourth-order valence-corrected chi connectivity index (χ4v) is 2.59. The van der Waals surface area contributed by atoms with Gasteiger partial charge in [0.2, 0.25) is 0 Å². The van der Waals surface area contributed by atoms with Crippen molar-refractivity contribution in [1.82, 2.24) is 0 Å². The zero-order valence-corrected chi connectivity index (χ0v) is 11.7. The van der Waals surface area contributed by atoms with Gasteiger partial charge in [-0.25, -0.2) is 4.39 Å². The molecule has 2 rings (SSSR count). The zero-order valence-electron chi connectivity index (χ0n) is 11.7. The lowest BCUT2D eigenvalue weighted by molar-refractivity contribution is 0.576. The van der Waals surface area contributed by atoms with Crippen LogP contribution < -0.4 is 5.73 Å². The maximum Gasteiger partial charge on any atom is 0.128 e. The van der Waals surface area contributed by atoms with E-state index < -0.39 is 0 Å². The van der Waals surface area contributed by atoms with E-state index in [9.17, 15) is 4.39 Å². The first-order valence-corrected chi connectivity index (χ1v) is 6.55. The van der Waals surface area contributed by atoms with Crippen molar-refractivity contribution in [2.45, 2.75) is 33.2 Å². The minimum atomic E-state index is -0.303. The van der Waals surface area contributed by atoms with Crippen LogP contribution in [-0.4, -0.2) is 0 Å². The van der Waals surface area contributed by atoms with E-state index in [4.69, 9.17) is 5.73 Å². The second-order valence-electron chi connectivity index (χ2n) is 5.28. The van der Waals surface area contributed by atoms with Gasteiger partial charge in [0.15, 0.2) is 0 Å². The van der Waals surface area contributed by atoms with Crippen LogP contribution in [-0.2, 0) is 6.42 Å². The van der Waals surface area contributed by atoms with Crippen molar-refractivity contribution < 1.29 is 4.39 Å². The van der Waals surface area contributed by atoms with Crippen LogP contribution in [0.25, 0.3) is 0 Å². The first-order valence-electron chi connectivity index (χ1n) is 6.55. The van der Waals surface area contributed by atoms with Gasteiger partial charge in [0.25, 0.3) is 0 Å². The van der Waals surface area contributed by atoms with Crippen LogP contribution in [0.5, 0.6) is 0 Å². The lowest BCUT2D eigenvalue weighted by Crippen LogP contribution is -2.16. The molecule has 1 unspecified atom stereocenters. The summed E-state index contributed by atoms with van der Waals surface area (Å²) in [6, 6.07) is 11.4. The molecule has 0 amide bonds. The van der Waals surface area contributed by atoms with Crippen molar-refractivity contribution in [2.24, 2.45) is 5.73 Å². The maximum absolute atomic E-state index is 14.1. The number of rotatable bonds is 3. The highest BCUT2D eigenvalue weighted by molar-refractivity contribution is 5.35. The molecule has 19 heavy (non-hydrogen) atoms. The predicted octanol–water partition coefficient (Wildman–Crippen LogP) is 3.99. The fourth-order valence-electron chi connectivity index (χ4n) is 2.59. The highest BCUT2D eigenvalue weighted by Crippen LogP contribution is 2.24. The van der Waals surface area contributed by atoms with Crippen LogP contribution in [0.15, 0.2) is 36.4 Å². The number of halogens is 1. The van der Waals surface area contributed by atoms with Crippen LogP contribution in [0, 0.1) is 26.6 Å². The molecule has 0 aliphatic heterocycles. The van der Waals surface area contributed by atoms with Gasteiger partial charge in [0.05, 0.1) is 0 Å². The van der Waals surface area contributed by atoms with Crippen molar-refractivity contribution in [1.29, 1.82) is 0 Å². The normalized spacial score (nSPS) is 12.5. The van der Waals surface area contributed by atoms with Gasteiger partial charge >= 0.3 is 0 Å². The van der Waals surface area contributed by atoms with Crippen LogP contribution in [0.3, 0.4) is 0 Å². The van der Waals surface area contributed by atoms with Gasteiger partial charge in [0, 0.05) is 11.6 Å². The Kier molecular flexibility index (Phi) is 4.01. The molecule has 0 bridgehead atoms. The van der Waals surface area contributed by atoms with Gasteiger partial charge < -0.3 is 5.73 Å². The summed E-state index contributed by atoms with van der Waals surface area (Å²) in [5.74, 6) is -0.197. The fraction of sp³-hybridized carbons (Fsp3) is 0.294. The Morgan fingerprint density at radius 1 is 1.05 bits per heavy atom. The number of nitrogens with two attached hydrogens (primary N) is 1. The first-order chi connectivity index (χ1) is 8.97. The quantitative estimate of drug-likeness (QED) is 0.884. The lowest BCUT2D eigenvalue weighted by atomic mass is 9.94. The molecule has 0 saturated heterocycles. The molecule has 2 aromatic rings. The molecule has 0 spiro atoms. The van der Waals surface area contributed by atoms with Crippen LogP contribution in [0.1, 0.15) is 33.9 Å². The van der Waals surface area contributed by atoms with Gasteiger partial charge in [-0.3, -0.25) is 0 Å². The van der Waals surface area contributed by atoms with Crippen molar-refractivity contribution in [3.05, 3.63) is 70.0 Å². The third-order valence-electron chi connectivity index (χ3n) is 3.39. The van der Waals surface area contributed by atoms with Gasteiger partial charge in [0.1, 0.15) is 5.82 Å². The highest BCUT2D eigenvalue weighted by Gasteiger charge is 2.15. The molecular formula is C17H20FN. The Hall–Kier alpha value is -1.67. The molecule has 2 heteroatoms. The van der Waals surface area contributed by atoms with E-state index in [1.807, 2.05) is 45.0 Å². The van der Waals surface area contributed by atoms with Crippen molar-refractivity contribution in [3.8, 4) is 0 Å². The molecule has 2 N–H and O–H groups in total. The molecule has 0 fully saturated rings. The van der Waals surface area contributed by atoms with Crippen molar-refractivity contribution >= 4 is 0 Å². The summed E-state index contributed by atoms with van der Waals surface area (Å²) in [5.41, 5.74) is 11.0. The van der Waals surface area contributed by atoms with E-state index >= 15 is 0 Å². The number of aryl methyl sites for hydroxylation is 3. The summed E-state index contributed by atoms with van der Waals surface area (Å²) in [4.78, 5) is 0. The second kappa shape index (κ2) is 5.54. The molecule has 1 nitrogen and oxygen atoms in total. The molecule has 0 aromatic heterocycles. The molecule has 0 saturated carbocycles. The molecular weight excluding hydrogens is 237 g/mol. The van der Waals surface area contributed by atoms with E-state index in [0.717, 1.165) is 16.7 Å². The standard InChI is InChI=1S/C17H20FN/c1-11-5-4-6-14(8-11)10-16(19)17-13(3)7-12(2)9-15(17)18/h4-9,16H,10,19H2,1-3H3. The molecule has 1 atom stereocenters. The SMILES string of the molecule is Cc1cccc(CC(N)c2c(C)cc(C)cc2F)c1. The predicted molar refractivity (Wildman–Crippen MR) is 77.7 cm³/mol. The van der Waals surface area contributed by atoms with Crippen LogP contribution in [0.2, 0.25) is 0 Å². The summed E-state index contributed by atoms with van der Waals surface area (Å²) in [7, 11) is 0. The Bertz CT molecular complexity index is 567. The number of hydrogen-bond donors (Lipinski definition) is 1. The summed E-state index contributed by atoms with van der Waals surface area (Å²) in [6.07, 6.45) is 0.655. The average molecular weight is 257 g/mol. The molecule has 0 aliphatic carbocycles. The molecule has 0 heterocycles. The molecule has 0 radical (unpaired) electrons. The molecule has 0 aliphatic rings. The maximum atomic E-state index is 14.1. The van der Waals surface area contributed by atoms with Crippen molar-refractivity contribution in [2.75, 3.05) is 0 Å². The topological polar surface area (TPSA) is 26.0 Å². The smallest absolute Gasteiger partial charge is 0.128 e. The Balaban J connectivity index is 2.28. The van der Waals surface area contributed by atoms with Crippen LogP contribution in [0.4, 0.5) is 4.39 Å². The van der Waals surface area contributed by atoms with Gasteiger partial charge in [-0.1, -0.05) is 35.9 Å². The largest absolute Gasteiger partial charge is 0.324 e. The zero-order chi connectivity index (χ0) is 14.0. The Morgan fingerprint density at radius 3 is 2.42 bits per heavy atom. The van der Waals surface area contributed by atoms with Crippen LogP contribution >= 0.6 is 0 Å². The van der Waals surface area contributed by atoms with Gasteiger partial charge in [-0.2, -0.15) is 0 Å². The average Bonchev–Trinajstić information content (AvgIpc) is 2.27. The summed E-state index contributed by atoms with van der Waals surface area (Å²) < 4.78 is 14.1. The summed E-state index contributed by atoms with van der Waals surface area (Å²) >= 11 is 0. The first kappa shape index (κ1) is 13.8. The minimum absolute atomic E-state index is 0.197. The highest BCUT2D eigenvalue weighted by atomic mass is 19.1. The van der Waals surface area contributed by atoms with Gasteiger partial charge in [-0.15, -0.1) is 0 Å². The monoisotopic (exact) mass is 257 g/mol. The second-order valence-corrected chi connectivity index (χ2v) is 5.28. The van der Waals surface area contributed by atoms with Crippen molar-refractivity contribution in [3.63, 3.8) is 0 Å². The van der Waals surface area contributed by atoms with E-state index in [1.165, 1.54) is 5.56 Å². The van der Waals surface area contributed by atoms with E-state index in [1.54, 1.807) is 6.07 Å². The Labute approximate surface area is 114 Å². The Morgan fingerprint density at radius 2 is 1.79 bits per heavy atom. The summed E-state index contributed by atoms with van der Waals surface area (Å²) in [5, 5.41) is 0. The number of benzene rings is 2. The van der Waals surface area contributed by atoms with E-state index in [0.29, 0.717) is 12.0 Å². The lowest BCUT2D eigenvalue weighted by Gasteiger charge is -2.17. The number of hydrogen-bond acceptors (Lipinski definition) is 1. The molecule has 2 aromatic carbocycles. The van der Waals surface area contributed by atoms with E-state index in [2.05, 4.69) is 6.07 Å². The molecule has 100 valence electrons. The minimum Gasteiger partial charge on any atom is -0.324 e. The van der Waals surface area contributed by atoms with Gasteiger partial charge in [-0.05, 0) is 49.9 Å². The third kappa shape index (κ3) is 3.21. The summed E-state index contributed by atoms with van der Waals surface area (Å²) in [6.45, 7) is 5.86. The van der Waals surface area contributed by atoms with E-state index in [-0.39, 0.29) is 11.9 Å². The third-order valence-corrected chi connectivity index (χ3v) is 3.39.